The Bertz CT molecular complexity index is 1080. The molecule has 3 fully saturated rings. The van der Waals surface area contributed by atoms with Crippen LogP contribution < -0.4 is 9.64 Å². The second kappa shape index (κ2) is 7.74. The number of rotatable bonds is 5. The maximum atomic E-state index is 12.3. The van der Waals surface area contributed by atoms with Gasteiger partial charge in [0.05, 0.1) is 17.5 Å². The lowest BCUT2D eigenvalue weighted by atomic mass is 10.2. The minimum absolute atomic E-state index is 0.0397. The third-order valence-corrected chi connectivity index (χ3v) is 8.77. The van der Waals surface area contributed by atoms with Crippen LogP contribution in [0.5, 0.6) is 5.75 Å². The van der Waals surface area contributed by atoms with Gasteiger partial charge in [0.15, 0.2) is 15.0 Å². The van der Waals surface area contributed by atoms with Crippen LogP contribution in [0, 0.1) is 5.92 Å². The summed E-state index contributed by atoms with van der Waals surface area (Å²) in [5.41, 5.74) is 1.92. The van der Waals surface area contributed by atoms with Gasteiger partial charge in [-0.25, -0.2) is 8.42 Å². The van der Waals surface area contributed by atoms with E-state index in [1.165, 1.54) is 11.8 Å². The fourth-order valence-electron chi connectivity index (χ4n) is 3.83. The highest BCUT2D eigenvalue weighted by Crippen LogP contribution is 2.42. The zero-order valence-electron chi connectivity index (χ0n) is 16.3. The fraction of sp³-hybridized carbons (Fsp3) is 0.364. The molecule has 2 atom stereocenters. The normalized spacial score (nSPS) is 26.0. The summed E-state index contributed by atoms with van der Waals surface area (Å²) in [4.78, 5) is 18.6. The molecule has 2 saturated heterocycles. The number of carbonyl (C=O) groups excluding carboxylic acids is 1. The molecule has 2 aliphatic heterocycles. The van der Waals surface area contributed by atoms with Crippen LogP contribution in [0.15, 0.2) is 59.6 Å². The molecule has 1 saturated carbocycles. The quantitative estimate of drug-likeness (QED) is 0.707. The summed E-state index contributed by atoms with van der Waals surface area (Å²) in [7, 11) is -3.08. The van der Waals surface area contributed by atoms with Crippen molar-refractivity contribution in [1.82, 2.24) is 0 Å². The number of nitrogens with zero attached hydrogens (tertiary/aromatic N) is 2. The van der Waals surface area contributed by atoms with E-state index in [9.17, 15) is 13.2 Å². The van der Waals surface area contributed by atoms with Gasteiger partial charge in [-0.3, -0.25) is 4.79 Å². The third kappa shape index (κ3) is 4.11. The van der Waals surface area contributed by atoms with Gasteiger partial charge < -0.3 is 9.64 Å². The molecule has 0 aromatic heterocycles. The van der Waals surface area contributed by atoms with Crippen LogP contribution in [0.1, 0.15) is 18.4 Å². The van der Waals surface area contributed by atoms with E-state index in [-0.39, 0.29) is 34.6 Å². The third-order valence-electron chi connectivity index (χ3n) is 5.56. The highest BCUT2D eigenvalue weighted by molar-refractivity contribution is 8.16. The number of benzene rings is 2. The highest BCUT2D eigenvalue weighted by atomic mass is 32.2. The number of fused-ring (bicyclic) bond motifs is 1. The van der Waals surface area contributed by atoms with Crippen LogP contribution in [-0.2, 0) is 21.2 Å². The van der Waals surface area contributed by atoms with E-state index >= 15 is 0 Å². The molecule has 1 amide bonds. The first-order valence-corrected chi connectivity index (χ1v) is 12.7. The SMILES string of the molecule is O=C(N=C1S[C@@H]2CS(=O)(=O)C[C@H]2N1c1ccc(OCc2ccccc2)cc1)C1CC1. The van der Waals surface area contributed by atoms with Crippen LogP contribution in [0.2, 0.25) is 0 Å². The number of anilines is 1. The molecule has 2 heterocycles. The minimum Gasteiger partial charge on any atom is -0.489 e. The molecule has 3 aliphatic rings. The zero-order chi connectivity index (χ0) is 20.7. The van der Waals surface area contributed by atoms with E-state index in [1.54, 1.807) is 0 Å². The molecular weight excluding hydrogens is 420 g/mol. The van der Waals surface area contributed by atoms with Crippen molar-refractivity contribution >= 4 is 38.4 Å². The molecule has 1 aliphatic carbocycles. The molecule has 6 nitrogen and oxygen atoms in total. The topological polar surface area (TPSA) is 76.0 Å². The van der Waals surface area contributed by atoms with Crippen LogP contribution >= 0.6 is 11.8 Å². The Labute approximate surface area is 180 Å². The van der Waals surface area contributed by atoms with Crippen LogP contribution in [-0.4, -0.2) is 42.3 Å². The van der Waals surface area contributed by atoms with Crippen molar-refractivity contribution in [2.45, 2.75) is 30.7 Å². The van der Waals surface area contributed by atoms with Gasteiger partial charge in [-0.15, -0.1) is 0 Å². The van der Waals surface area contributed by atoms with Crippen molar-refractivity contribution in [3.05, 3.63) is 60.2 Å². The number of amides is 1. The maximum absolute atomic E-state index is 12.3. The molecule has 2 aromatic carbocycles. The first-order chi connectivity index (χ1) is 14.5. The number of amidine groups is 1. The number of ether oxygens (including phenoxy) is 1. The molecule has 0 unspecified atom stereocenters. The molecule has 0 spiro atoms. The van der Waals surface area contributed by atoms with E-state index < -0.39 is 9.84 Å². The molecule has 5 rings (SSSR count). The first-order valence-electron chi connectivity index (χ1n) is 10.0. The second-order valence-electron chi connectivity index (χ2n) is 7.95. The van der Waals surface area contributed by atoms with Crippen molar-refractivity contribution < 1.29 is 17.9 Å². The van der Waals surface area contributed by atoms with Gasteiger partial charge in [0, 0.05) is 16.9 Å². The van der Waals surface area contributed by atoms with E-state index in [4.69, 9.17) is 4.74 Å². The number of sulfone groups is 1. The summed E-state index contributed by atoms with van der Waals surface area (Å²) in [6.07, 6.45) is 1.80. The predicted octanol–water partition coefficient (Wildman–Crippen LogP) is 3.28. The van der Waals surface area contributed by atoms with Crippen LogP contribution in [0.25, 0.3) is 0 Å². The molecule has 0 radical (unpaired) electrons. The Morgan fingerprint density at radius 2 is 1.80 bits per heavy atom. The number of aliphatic imine (C=N–C) groups is 1. The van der Waals surface area contributed by atoms with Crippen molar-refractivity contribution in [2.24, 2.45) is 10.9 Å². The predicted molar refractivity (Wildman–Crippen MR) is 119 cm³/mol. The van der Waals surface area contributed by atoms with Crippen molar-refractivity contribution in [3.63, 3.8) is 0 Å². The Morgan fingerprint density at radius 1 is 1.07 bits per heavy atom. The minimum atomic E-state index is -3.08. The van der Waals surface area contributed by atoms with E-state index in [0.717, 1.165) is 29.8 Å². The van der Waals surface area contributed by atoms with E-state index in [0.29, 0.717) is 11.8 Å². The zero-order valence-corrected chi connectivity index (χ0v) is 17.9. The second-order valence-corrected chi connectivity index (χ2v) is 11.3. The average Bonchev–Trinajstić information content (AvgIpc) is 3.48. The van der Waals surface area contributed by atoms with Gasteiger partial charge in [0.1, 0.15) is 12.4 Å². The van der Waals surface area contributed by atoms with Crippen LogP contribution in [0.3, 0.4) is 0 Å². The summed E-state index contributed by atoms with van der Waals surface area (Å²) in [5, 5.41) is 0.532. The van der Waals surface area contributed by atoms with Gasteiger partial charge in [-0.05, 0) is 42.7 Å². The lowest BCUT2D eigenvalue weighted by Gasteiger charge is -2.24. The molecule has 2 aromatic rings. The summed E-state index contributed by atoms with van der Waals surface area (Å²) >= 11 is 1.42. The number of carbonyl (C=O) groups is 1. The molecule has 0 bridgehead atoms. The van der Waals surface area contributed by atoms with Gasteiger partial charge in [-0.2, -0.15) is 4.99 Å². The summed E-state index contributed by atoms with van der Waals surface area (Å²) in [5.74, 6) is 0.907. The lowest BCUT2D eigenvalue weighted by Crippen LogP contribution is -2.37. The van der Waals surface area contributed by atoms with Crippen molar-refractivity contribution in [3.8, 4) is 5.75 Å². The summed E-state index contributed by atoms with van der Waals surface area (Å²) in [6.45, 7) is 0.477. The maximum Gasteiger partial charge on any atom is 0.251 e. The molecular formula is C22H22N2O4S2. The average molecular weight is 443 g/mol. The smallest absolute Gasteiger partial charge is 0.251 e. The standard InChI is InChI=1S/C22H22N2O4S2/c25-21(16-6-7-16)23-22-24(19-13-30(26,27)14-20(19)29-22)17-8-10-18(11-9-17)28-12-15-4-2-1-3-5-15/h1-5,8-11,16,19-20H,6-7,12-14H2/t19-,20-/m1/s1. The molecule has 8 heteroatoms. The number of thioether (sulfide) groups is 1. The largest absolute Gasteiger partial charge is 0.489 e. The Balaban J connectivity index is 1.37. The van der Waals surface area contributed by atoms with Crippen LogP contribution in [0.4, 0.5) is 5.69 Å². The molecule has 156 valence electrons. The monoisotopic (exact) mass is 442 g/mol. The Morgan fingerprint density at radius 3 is 2.50 bits per heavy atom. The van der Waals surface area contributed by atoms with Crippen molar-refractivity contribution in [1.29, 1.82) is 0 Å². The van der Waals surface area contributed by atoms with Gasteiger partial charge >= 0.3 is 0 Å². The number of hydrogen-bond acceptors (Lipinski definition) is 5. The van der Waals surface area contributed by atoms with E-state index in [1.807, 2.05) is 59.5 Å². The Kier molecular flexibility index (Phi) is 5.06. The van der Waals surface area contributed by atoms with Gasteiger partial charge in [0.2, 0.25) is 0 Å². The molecule has 0 N–H and O–H groups in total. The lowest BCUT2D eigenvalue weighted by molar-refractivity contribution is -0.118. The molecule has 30 heavy (non-hydrogen) atoms. The summed E-state index contributed by atoms with van der Waals surface area (Å²) < 4.78 is 30.2. The fourth-order valence-corrected chi connectivity index (χ4v) is 7.75. The number of hydrogen-bond donors (Lipinski definition) is 0. The van der Waals surface area contributed by atoms with Gasteiger partial charge in [-0.1, -0.05) is 42.1 Å². The summed E-state index contributed by atoms with van der Waals surface area (Å²) in [6, 6.07) is 17.3. The Hall–Kier alpha value is -2.32. The van der Waals surface area contributed by atoms with E-state index in [2.05, 4.69) is 4.99 Å². The first kappa shape index (κ1) is 19.6. The highest BCUT2D eigenvalue weighted by Gasteiger charge is 2.49. The van der Waals surface area contributed by atoms with Crippen molar-refractivity contribution in [2.75, 3.05) is 16.4 Å². The van der Waals surface area contributed by atoms with Gasteiger partial charge in [0.25, 0.3) is 5.91 Å².